The summed E-state index contributed by atoms with van der Waals surface area (Å²) < 4.78 is 20.6. The third-order valence-electron chi connectivity index (χ3n) is 6.94. The molecule has 38 heavy (non-hydrogen) atoms. The molecule has 0 aliphatic carbocycles. The fourth-order valence-electron chi connectivity index (χ4n) is 4.90. The van der Waals surface area contributed by atoms with E-state index in [9.17, 15) is 19.7 Å². The lowest BCUT2D eigenvalue weighted by Gasteiger charge is -2.30. The highest BCUT2D eigenvalue weighted by Crippen LogP contribution is 2.43. The van der Waals surface area contributed by atoms with Crippen LogP contribution in [0.5, 0.6) is 11.6 Å². The van der Waals surface area contributed by atoms with Crippen LogP contribution in [0.3, 0.4) is 0 Å². The molecule has 0 radical (unpaired) electrons. The molecule has 0 amide bonds. The average molecular weight is 544 g/mol. The summed E-state index contributed by atoms with van der Waals surface area (Å²) in [7, 11) is 1.83. The average Bonchev–Trinajstić information content (AvgIpc) is 3.26. The predicted molar refractivity (Wildman–Crippen MR) is 145 cm³/mol. The number of pyridine rings is 1. The van der Waals surface area contributed by atoms with Gasteiger partial charge in [0, 0.05) is 62.2 Å². The van der Waals surface area contributed by atoms with Crippen LogP contribution in [0.2, 0.25) is 5.02 Å². The minimum absolute atomic E-state index is 0.0995. The molecule has 11 heteroatoms. The van der Waals surface area contributed by atoms with Crippen LogP contribution in [0.25, 0.3) is 22.3 Å². The van der Waals surface area contributed by atoms with Gasteiger partial charge in [0.2, 0.25) is 5.88 Å². The van der Waals surface area contributed by atoms with E-state index < -0.39 is 12.2 Å². The Kier molecular flexibility index (Phi) is 7.87. The van der Waals surface area contributed by atoms with E-state index in [-0.39, 0.29) is 30.1 Å². The Morgan fingerprint density at radius 2 is 1.79 bits per heavy atom. The lowest BCUT2D eigenvalue weighted by Crippen LogP contribution is -2.43. The van der Waals surface area contributed by atoms with E-state index in [0.717, 1.165) is 26.2 Å². The van der Waals surface area contributed by atoms with Gasteiger partial charge in [-0.15, -0.1) is 0 Å². The Hall–Kier alpha value is -3.15. The number of aromatic hydroxyl groups is 1. The third-order valence-corrected chi connectivity index (χ3v) is 7.24. The molecule has 2 saturated heterocycles. The number of piperazine rings is 1. The topological polar surface area (TPSA) is 105 Å². The minimum Gasteiger partial charge on any atom is -0.507 e. The Bertz CT molecular complexity index is 1310. The normalized spacial score (nSPS) is 18.3. The largest absolute Gasteiger partial charge is 0.507 e. The number of halogens is 2. The van der Waals surface area contributed by atoms with Crippen LogP contribution in [-0.2, 0) is 0 Å². The number of ether oxygens (including phenoxy) is 1. The first-order valence-corrected chi connectivity index (χ1v) is 12.9. The molecule has 5 rings (SSSR count). The summed E-state index contributed by atoms with van der Waals surface area (Å²) in [6.07, 6.45) is 0.743. The number of benzene rings is 2. The van der Waals surface area contributed by atoms with Gasteiger partial charge in [0.05, 0.1) is 17.3 Å². The zero-order valence-corrected chi connectivity index (χ0v) is 21.8. The van der Waals surface area contributed by atoms with E-state index >= 15 is 0 Å². The summed E-state index contributed by atoms with van der Waals surface area (Å²) in [5, 5.41) is 34.6. The molecular weight excluding hydrogens is 513 g/mol. The molecule has 1 atom stereocenters. The standard InChI is InChI=1S/C27H31ClFN5O4/c1-32-8-9-34(27(32)37)23-3-2-17(12-22(23)28)20-14-19(29)15-21(25(20)36)18-13-24(33-6-4-30-5-7-33)26(31-16-18)38-11-10-35/h2-3,12-16,27,30,35-37H,4-11H2,1H3. The second kappa shape index (κ2) is 11.3. The molecule has 4 N–H and O–H groups in total. The molecule has 3 heterocycles. The number of phenols is 1. The van der Waals surface area contributed by atoms with Crippen molar-refractivity contribution >= 4 is 23.0 Å². The zero-order chi connectivity index (χ0) is 26.8. The van der Waals surface area contributed by atoms with Crippen LogP contribution in [-0.4, -0.2) is 91.1 Å². The van der Waals surface area contributed by atoms with E-state index in [4.69, 9.17) is 16.3 Å². The van der Waals surface area contributed by atoms with Crippen LogP contribution in [0.15, 0.2) is 42.6 Å². The van der Waals surface area contributed by atoms with Crippen molar-refractivity contribution in [1.82, 2.24) is 15.2 Å². The Balaban J connectivity index is 1.52. The van der Waals surface area contributed by atoms with Gasteiger partial charge in [-0.3, -0.25) is 4.90 Å². The monoisotopic (exact) mass is 543 g/mol. The van der Waals surface area contributed by atoms with Crippen molar-refractivity contribution in [2.75, 3.05) is 69.3 Å². The first-order valence-electron chi connectivity index (χ1n) is 12.5. The zero-order valence-electron chi connectivity index (χ0n) is 21.1. The number of nitrogens with zero attached hydrogens (tertiary/aromatic N) is 4. The first kappa shape index (κ1) is 26.5. The van der Waals surface area contributed by atoms with E-state index in [2.05, 4.69) is 15.2 Å². The number of likely N-dealkylation sites (N-methyl/N-ethyl adjacent to an activating group) is 1. The lowest BCUT2D eigenvalue weighted by atomic mass is 9.97. The fraction of sp³-hybridized carbons (Fsp3) is 0.370. The molecule has 9 nitrogen and oxygen atoms in total. The van der Waals surface area contributed by atoms with Crippen LogP contribution >= 0.6 is 11.6 Å². The maximum absolute atomic E-state index is 14.9. The second-order valence-electron chi connectivity index (χ2n) is 9.39. The highest BCUT2D eigenvalue weighted by Gasteiger charge is 2.29. The molecule has 3 aromatic rings. The quantitative estimate of drug-likeness (QED) is 0.358. The number of anilines is 2. The number of phenolic OH excluding ortho intramolecular Hbond substituents is 1. The molecule has 0 bridgehead atoms. The van der Waals surface area contributed by atoms with Crippen molar-refractivity contribution in [3.05, 3.63) is 53.4 Å². The van der Waals surface area contributed by atoms with E-state index in [1.807, 2.05) is 13.1 Å². The number of hydrogen-bond donors (Lipinski definition) is 4. The fourth-order valence-corrected chi connectivity index (χ4v) is 5.19. The number of aromatic nitrogens is 1. The Morgan fingerprint density at radius 1 is 1.05 bits per heavy atom. The predicted octanol–water partition coefficient (Wildman–Crippen LogP) is 2.72. The van der Waals surface area contributed by atoms with E-state index in [1.54, 1.807) is 28.0 Å². The van der Waals surface area contributed by atoms with Crippen molar-refractivity contribution in [3.8, 4) is 33.9 Å². The maximum atomic E-state index is 14.9. The van der Waals surface area contributed by atoms with Crippen molar-refractivity contribution in [1.29, 1.82) is 0 Å². The van der Waals surface area contributed by atoms with Crippen LogP contribution in [0.1, 0.15) is 0 Å². The molecule has 2 aliphatic rings. The molecule has 2 aromatic carbocycles. The summed E-state index contributed by atoms with van der Waals surface area (Å²) in [6.45, 7) is 4.31. The van der Waals surface area contributed by atoms with Crippen molar-refractivity contribution in [2.24, 2.45) is 0 Å². The van der Waals surface area contributed by atoms with E-state index in [1.165, 1.54) is 18.3 Å². The smallest absolute Gasteiger partial charge is 0.237 e. The summed E-state index contributed by atoms with van der Waals surface area (Å²) in [5.41, 5.74) is 3.01. The highest BCUT2D eigenvalue weighted by atomic mass is 35.5. The van der Waals surface area contributed by atoms with Gasteiger partial charge in [0.1, 0.15) is 23.9 Å². The highest BCUT2D eigenvalue weighted by molar-refractivity contribution is 6.33. The van der Waals surface area contributed by atoms with Gasteiger partial charge in [-0.25, -0.2) is 9.37 Å². The van der Waals surface area contributed by atoms with Gasteiger partial charge in [-0.1, -0.05) is 17.7 Å². The summed E-state index contributed by atoms with van der Waals surface area (Å²) >= 11 is 6.59. The second-order valence-corrected chi connectivity index (χ2v) is 9.80. The SMILES string of the molecule is CN1CCN(c2ccc(-c3cc(F)cc(-c4cnc(OCCO)c(N5CCNCC5)c4)c3O)cc2Cl)C1O. The molecule has 2 fully saturated rings. The minimum atomic E-state index is -0.783. The Labute approximate surface area is 225 Å². The van der Waals surface area contributed by atoms with Gasteiger partial charge in [-0.2, -0.15) is 0 Å². The molecule has 1 aromatic heterocycles. The number of aliphatic hydroxyl groups is 2. The molecule has 1 unspecified atom stereocenters. The molecule has 0 saturated carbocycles. The summed E-state index contributed by atoms with van der Waals surface area (Å²) in [4.78, 5) is 10.1. The van der Waals surface area contributed by atoms with Crippen molar-refractivity contribution in [2.45, 2.75) is 6.35 Å². The third kappa shape index (κ3) is 5.23. The van der Waals surface area contributed by atoms with Crippen molar-refractivity contribution < 1.29 is 24.4 Å². The number of nitrogens with one attached hydrogen (secondary N) is 1. The number of aliphatic hydroxyl groups excluding tert-OH is 2. The lowest BCUT2D eigenvalue weighted by molar-refractivity contribution is 0.0590. The van der Waals surface area contributed by atoms with Gasteiger partial charge < -0.3 is 35.2 Å². The maximum Gasteiger partial charge on any atom is 0.237 e. The van der Waals surface area contributed by atoms with Crippen LogP contribution in [0.4, 0.5) is 15.8 Å². The van der Waals surface area contributed by atoms with Gasteiger partial charge in [-0.05, 0) is 42.9 Å². The number of hydrogen-bond acceptors (Lipinski definition) is 9. The molecule has 202 valence electrons. The molecular formula is C27H31ClFN5O4. The van der Waals surface area contributed by atoms with Gasteiger partial charge in [0.15, 0.2) is 6.35 Å². The molecule has 0 spiro atoms. The van der Waals surface area contributed by atoms with Gasteiger partial charge in [0.25, 0.3) is 0 Å². The van der Waals surface area contributed by atoms with Crippen molar-refractivity contribution in [3.63, 3.8) is 0 Å². The van der Waals surface area contributed by atoms with E-state index in [0.29, 0.717) is 46.5 Å². The first-order chi connectivity index (χ1) is 18.4. The Morgan fingerprint density at radius 3 is 2.45 bits per heavy atom. The molecule has 2 aliphatic heterocycles. The summed E-state index contributed by atoms with van der Waals surface area (Å²) in [5.74, 6) is -0.250. The summed E-state index contributed by atoms with van der Waals surface area (Å²) in [6, 6.07) is 9.55. The van der Waals surface area contributed by atoms with Gasteiger partial charge >= 0.3 is 0 Å². The van der Waals surface area contributed by atoms with Crippen LogP contribution in [0, 0.1) is 5.82 Å². The van der Waals surface area contributed by atoms with Crippen LogP contribution < -0.4 is 19.9 Å². The number of rotatable bonds is 7.